The van der Waals surface area contributed by atoms with Crippen LogP contribution in [0.25, 0.3) is 0 Å². The lowest BCUT2D eigenvalue weighted by Crippen LogP contribution is -2.12. The fourth-order valence-corrected chi connectivity index (χ4v) is 1.27. The maximum Gasteiger partial charge on any atom is 0.0664 e. The fraction of sp³-hybridized carbons (Fsp3) is 0.333. The first kappa shape index (κ1) is 9.83. The molecule has 0 radical (unpaired) electrons. The quantitative estimate of drug-likeness (QED) is 0.612. The molecule has 0 aromatic heterocycles. The summed E-state index contributed by atoms with van der Waals surface area (Å²) >= 11 is 0. The zero-order valence-corrected chi connectivity index (χ0v) is 8.00. The summed E-state index contributed by atoms with van der Waals surface area (Å²) in [6, 6.07) is 3.57. The second-order valence-corrected chi connectivity index (χ2v) is 3.09. The number of nitrogens with zero attached hydrogens (tertiary/aromatic N) is 1. The lowest BCUT2D eigenvalue weighted by molar-refractivity contribution is 0.279. The predicted molar refractivity (Wildman–Crippen MR) is 51.5 cm³/mol. The van der Waals surface area contributed by atoms with Crippen molar-refractivity contribution in [1.29, 1.82) is 0 Å². The number of benzene rings is 1. The van der Waals surface area contributed by atoms with Crippen molar-refractivity contribution >= 4 is 11.4 Å². The third-order valence-electron chi connectivity index (χ3n) is 2.01. The molecular weight excluding hydrogens is 168 g/mol. The molecule has 0 spiro atoms. The first-order chi connectivity index (χ1) is 6.06. The Morgan fingerprint density at radius 1 is 1.23 bits per heavy atom. The van der Waals surface area contributed by atoms with E-state index in [4.69, 9.17) is 5.21 Å². The average molecular weight is 182 g/mol. The van der Waals surface area contributed by atoms with Crippen molar-refractivity contribution in [3.8, 4) is 0 Å². The predicted octanol–water partition coefficient (Wildman–Crippen LogP) is 1.93. The van der Waals surface area contributed by atoms with Gasteiger partial charge in [0.2, 0.25) is 0 Å². The molecule has 0 saturated heterocycles. The van der Waals surface area contributed by atoms with Gasteiger partial charge in [-0.15, -0.1) is 0 Å². The van der Waals surface area contributed by atoms with Crippen LogP contribution in [0.15, 0.2) is 12.1 Å². The molecule has 0 atom stereocenters. The molecule has 0 heterocycles. The molecule has 1 rings (SSSR count). The van der Waals surface area contributed by atoms with Crippen molar-refractivity contribution in [2.75, 3.05) is 17.6 Å². The van der Waals surface area contributed by atoms with Gasteiger partial charge in [0.1, 0.15) is 0 Å². The molecule has 0 amide bonds. The van der Waals surface area contributed by atoms with E-state index in [1.165, 1.54) is 0 Å². The first-order valence-electron chi connectivity index (χ1n) is 4.00. The topological polar surface area (TPSA) is 55.7 Å². The fourth-order valence-electron chi connectivity index (χ4n) is 1.27. The Kier molecular flexibility index (Phi) is 2.75. The van der Waals surface area contributed by atoms with Gasteiger partial charge < -0.3 is 0 Å². The van der Waals surface area contributed by atoms with Crippen molar-refractivity contribution in [3.05, 3.63) is 23.3 Å². The lowest BCUT2D eigenvalue weighted by atomic mass is 10.1. The first-order valence-corrected chi connectivity index (χ1v) is 4.00. The number of hydroxylamine groups is 1. The van der Waals surface area contributed by atoms with E-state index in [2.05, 4.69) is 5.48 Å². The standard InChI is InChI=1S/C9H14N2O2/c1-6-5-9(11(3)13)7(2)4-8(6)10-12/h4-5,10,12-13H,1-3H3. The summed E-state index contributed by atoms with van der Waals surface area (Å²) in [5.74, 6) is 0. The third-order valence-corrected chi connectivity index (χ3v) is 2.01. The summed E-state index contributed by atoms with van der Waals surface area (Å²) in [5, 5.41) is 19.0. The summed E-state index contributed by atoms with van der Waals surface area (Å²) in [7, 11) is 1.56. The summed E-state index contributed by atoms with van der Waals surface area (Å²) in [6.07, 6.45) is 0. The van der Waals surface area contributed by atoms with Gasteiger partial charge in [0, 0.05) is 7.05 Å². The SMILES string of the molecule is Cc1cc(N(C)O)c(C)cc1NO. The zero-order chi connectivity index (χ0) is 10.0. The molecule has 0 fully saturated rings. The van der Waals surface area contributed by atoms with Crippen molar-refractivity contribution in [2.24, 2.45) is 0 Å². The van der Waals surface area contributed by atoms with Crippen molar-refractivity contribution in [3.63, 3.8) is 0 Å². The van der Waals surface area contributed by atoms with E-state index in [1.807, 2.05) is 13.8 Å². The molecule has 1 aromatic rings. The summed E-state index contributed by atoms with van der Waals surface area (Å²) in [5.41, 5.74) is 5.26. The molecular formula is C9H14N2O2. The average Bonchev–Trinajstić information content (AvgIpc) is 2.07. The third kappa shape index (κ3) is 1.91. The largest absolute Gasteiger partial charge is 0.291 e. The van der Waals surface area contributed by atoms with Crippen LogP contribution in [0.4, 0.5) is 11.4 Å². The number of anilines is 2. The van der Waals surface area contributed by atoms with Gasteiger partial charge in [0.25, 0.3) is 0 Å². The number of hydrogen-bond donors (Lipinski definition) is 3. The molecule has 0 aliphatic rings. The monoisotopic (exact) mass is 182 g/mol. The Balaban J connectivity index is 3.20. The van der Waals surface area contributed by atoms with Crippen LogP contribution in [0.3, 0.4) is 0 Å². The molecule has 13 heavy (non-hydrogen) atoms. The van der Waals surface area contributed by atoms with Gasteiger partial charge in [-0.25, -0.2) is 0 Å². The minimum atomic E-state index is 0.656. The summed E-state index contributed by atoms with van der Waals surface area (Å²) in [4.78, 5) is 0. The van der Waals surface area contributed by atoms with Crippen LogP contribution < -0.4 is 10.5 Å². The molecule has 0 aliphatic heterocycles. The zero-order valence-electron chi connectivity index (χ0n) is 8.00. The van der Waals surface area contributed by atoms with Crippen LogP contribution in [0.1, 0.15) is 11.1 Å². The number of rotatable bonds is 2. The van der Waals surface area contributed by atoms with Gasteiger partial charge in [0.05, 0.1) is 11.4 Å². The van der Waals surface area contributed by atoms with Crippen LogP contribution in [-0.4, -0.2) is 17.5 Å². The highest BCUT2D eigenvalue weighted by molar-refractivity contribution is 5.62. The maximum absolute atomic E-state index is 9.24. The minimum Gasteiger partial charge on any atom is -0.291 e. The second-order valence-electron chi connectivity index (χ2n) is 3.09. The van der Waals surface area contributed by atoms with Crippen LogP contribution in [0.5, 0.6) is 0 Å². The highest BCUT2D eigenvalue weighted by atomic mass is 16.5. The Morgan fingerprint density at radius 3 is 2.31 bits per heavy atom. The molecule has 0 bridgehead atoms. The molecule has 0 saturated carbocycles. The van der Waals surface area contributed by atoms with E-state index < -0.39 is 0 Å². The second kappa shape index (κ2) is 3.64. The lowest BCUT2D eigenvalue weighted by Gasteiger charge is -2.16. The van der Waals surface area contributed by atoms with Crippen molar-refractivity contribution in [1.82, 2.24) is 0 Å². The van der Waals surface area contributed by atoms with Gasteiger partial charge in [0.15, 0.2) is 0 Å². The van der Waals surface area contributed by atoms with E-state index in [1.54, 1.807) is 19.2 Å². The smallest absolute Gasteiger partial charge is 0.0664 e. The Labute approximate surface area is 77.3 Å². The highest BCUT2D eigenvalue weighted by Gasteiger charge is 2.05. The summed E-state index contributed by atoms with van der Waals surface area (Å²) in [6.45, 7) is 3.72. The Hall–Kier alpha value is -1.26. The van der Waals surface area contributed by atoms with Crippen LogP contribution in [-0.2, 0) is 0 Å². The van der Waals surface area contributed by atoms with Gasteiger partial charge in [-0.05, 0) is 37.1 Å². The number of nitrogens with one attached hydrogen (secondary N) is 1. The Morgan fingerprint density at radius 2 is 1.85 bits per heavy atom. The maximum atomic E-state index is 9.24. The Bertz CT molecular complexity index is 311. The van der Waals surface area contributed by atoms with Gasteiger partial charge >= 0.3 is 0 Å². The van der Waals surface area contributed by atoms with Crippen molar-refractivity contribution in [2.45, 2.75) is 13.8 Å². The van der Waals surface area contributed by atoms with Crippen LogP contribution in [0, 0.1) is 13.8 Å². The van der Waals surface area contributed by atoms with Crippen LogP contribution in [0.2, 0.25) is 0 Å². The van der Waals surface area contributed by atoms with Crippen LogP contribution >= 0.6 is 0 Å². The van der Waals surface area contributed by atoms with Gasteiger partial charge in [-0.3, -0.25) is 21.0 Å². The number of hydrogen-bond acceptors (Lipinski definition) is 4. The normalized spacial score (nSPS) is 9.92. The van der Waals surface area contributed by atoms with Gasteiger partial charge in [-0.2, -0.15) is 0 Å². The molecule has 0 aliphatic carbocycles. The van der Waals surface area contributed by atoms with E-state index in [-0.39, 0.29) is 0 Å². The van der Waals surface area contributed by atoms with Gasteiger partial charge in [-0.1, -0.05) is 0 Å². The molecule has 1 aromatic carbocycles. The molecule has 3 N–H and O–H groups in total. The highest BCUT2D eigenvalue weighted by Crippen LogP contribution is 2.25. The summed E-state index contributed by atoms with van der Waals surface area (Å²) < 4.78 is 0. The van der Waals surface area contributed by atoms with Crippen molar-refractivity contribution < 1.29 is 10.4 Å². The number of aryl methyl sites for hydroxylation is 2. The molecule has 0 unspecified atom stereocenters. The molecule has 72 valence electrons. The molecule has 4 nitrogen and oxygen atoms in total. The van der Waals surface area contributed by atoms with E-state index >= 15 is 0 Å². The molecule has 4 heteroatoms. The van der Waals surface area contributed by atoms with E-state index in [9.17, 15) is 5.21 Å². The van der Waals surface area contributed by atoms with E-state index in [0.717, 1.165) is 21.9 Å². The minimum absolute atomic E-state index is 0.656. The van der Waals surface area contributed by atoms with E-state index in [0.29, 0.717) is 5.69 Å².